The molecule has 6 rings (SSSR count). The van der Waals surface area contributed by atoms with Crippen LogP contribution < -0.4 is 0 Å². The number of aliphatic carboxylic acids is 1. The van der Waals surface area contributed by atoms with Gasteiger partial charge in [0.05, 0.1) is 17.6 Å². The average Bonchev–Trinajstić information content (AvgIpc) is 3.73. The molecule has 4 bridgehead atoms. The Hall–Kier alpha value is -1.20. The van der Waals surface area contributed by atoms with Crippen molar-refractivity contribution in [3.05, 3.63) is 11.6 Å². The van der Waals surface area contributed by atoms with Crippen molar-refractivity contribution in [1.82, 2.24) is 4.90 Å². The SMILES string of the molecule is CCCCN(C)CC1OC(C23C[C@@H]4[C@H](C)CC[C@H]4C4(C=O)CC2C=C(C(C)C)C34C(=O)O)CC1CC1CCCC1. The lowest BCUT2D eigenvalue weighted by Gasteiger charge is -2.60. The van der Waals surface area contributed by atoms with Crippen LogP contribution in [0.2, 0.25) is 0 Å². The molecule has 0 radical (unpaired) electrons. The predicted octanol–water partition coefficient (Wildman–Crippen LogP) is 7.00. The monoisotopic (exact) mass is 553 g/mol. The molecule has 1 N–H and O–H groups in total. The van der Waals surface area contributed by atoms with Gasteiger partial charge in [0.15, 0.2) is 0 Å². The molecule has 224 valence electrons. The van der Waals surface area contributed by atoms with E-state index in [0.29, 0.717) is 24.2 Å². The van der Waals surface area contributed by atoms with Gasteiger partial charge in [0, 0.05) is 12.0 Å². The fourth-order valence-corrected chi connectivity index (χ4v) is 11.9. The molecule has 4 saturated carbocycles. The van der Waals surface area contributed by atoms with Gasteiger partial charge in [-0.05, 0) is 93.5 Å². The van der Waals surface area contributed by atoms with Gasteiger partial charge in [-0.25, -0.2) is 0 Å². The second-order valence-electron chi connectivity index (χ2n) is 15.5. The average molecular weight is 554 g/mol. The highest BCUT2D eigenvalue weighted by Crippen LogP contribution is 2.84. The molecular formula is C35H55NO4. The van der Waals surface area contributed by atoms with Crippen LogP contribution in [0.4, 0.5) is 0 Å². The van der Waals surface area contributed by atoms with Crippen LogP contribution in [0.3, 0.4) is 0 Å². The third-order valence-corrected chi connectivity index (χ3v) is 13.5. The molecular weight excluding hydrogens is 498 g/mol. The van der Waals surface area contributed by atoms with Crippen molar-refractivity contribution >= 4 is 12.3 Å². The van der Waals surface area contributed by atoms with E-state index in [4.69, 9.17) is 4.74 Å². The van der Waals surface area contributed by atoms with Crippen molar-refractivity contribution in [3.8, 4) is 0 Å². The predicted molar refractivity (Wildman–Crippen MR) is 158 cm³/mol. The van der Waals surface area contributed by atoms with Crippen LogP contribution in [-0.4, -0.2) is 54.6 Å². The Bertz CT molecular complexity index is 1020. The van der Waals surface area contributed by atoms with E-state index in [2.05, 4.69) is 45.7 Å². The molecule has 5 nitrogen and oxygen atoms in total. The minimum absolute atomic E-state index is 0.0901. The number of hydrogen-bond donors (Lipinski definition) is 1. The summed E-state index contributed by atoms with van der Waals surface area (Å²) in [6, 6.07) is 0. The number of carbonyl (C=O) groups is 2. The Kier molecular flexibility index (Phi) is 7.59. The summed E-state index contributed by atoms with van der Waals surface area (Å²) in [5.41, 5.74) is -1.40. The molecule has 1 aliphatic heterocycles. The van der Waals surface area contributed by atoms with Crippen molar-refractivity contribution in [2.75, 3.05) is 20.1 Å². The second kappa shape index (κ2) is 10.5. The molecule has 5 fully saturated rings. The van der Waals surface area contributed by atoms with E-state index < -0.39 is 22.2 Å². The number of nitrogens with zero attached hydrogens (tertiary/aromatic N) is 1. The highest BCUT2D eigenvalue weighted by Gasteiger charge is 2.86. The minimum Gasteiger partial charge on any atom is -0.481 e. The molecule has 0 spiro atoms. The maximum absolute atomic E-state index is 14.0. The zero-order valence-electron chi connectivity index (χ0n) is 25.9. The maximum Gasteiger partial charge on any atom is 0.315 e. The lowest BCUT2D eigenvalue weighted by atomic mass is 9.41. The minimum atomic E-state index is -1.13. The molecule has 1 heterocycles. The van der Waals surface area contributed by atoms with Crippen LogP contribution in [0.25, 0.3) is 0 Å². The van der Waals surface area contributed by atoms with Gasteiger partial charge in [-0.3, -0.25) is 4.79 Å². The number of carboxylic acids is 1. The standard InChI is InChI=1S/C35H55NO4/c1-6-7-14-36(5)20-30-25(15-24-10-8-9-11-24)16-31(40-30)34-19-27-23(4)12-13-28(27)33(21-37)18-26(34)17-29(22(2)3)35(33,34)32(38)39/h17,21-28,30-31H,6-16,18-20H2,1-5H3,(H,38,39)/t23-,25?,26?,27-,28-,30?,31?,33?,34?,35?/m1/s1. The first-order chi connectivity index (χ1) is 19.2. The highest BCUT2D eigenvalue weighted by atomic mass is 16.5. The Labute approximate surface area is 242 Å². The molecule has 1 saturated heterocycles. The van der Waals surface area contributed by atoms with E-state index in [9.17, 15) is 14.7 Å². The Morgan fingerprint density at radius 1 is 1.20 bits per heavy atom. The van der Waals surface area contributed by atoms with Crippen molar-refractivity contribution in [2.24, 2.45) is 57.7 Å². The third kappa shape index (κ3) is 3.77. The fourth-order valence-electron chi connectivity index (χ4n) is 11.9. The number of fused-ring (bicyclic) bond motifs is 2. The van der Waals surface area contributed by atoms with Crippen molar-refractivity contribution in [2.45, 2.75) is 117 Å². The van der Waals surface area contributed by atoms with Gasteiger partial charge in [-0.15, -0.1) is 0 Å². The lowest BCUT2D eigenvalue weighted by Crippen LogP contribution is -2.65. The summed E-state index contributed by atoms with van der Waals surface area (Å²) in [5, 5.41) is 11.5. The smallest absolute Gasteiger partial charge is 0.315 e. The Morgan fingerprint density at radius 3 is 2.60 bits per heavy atom. The molecule has 10 atom stereocenters. The van der Waals surface area contributed by atoms with Crippen LogP contribution in [-0.2, 0) is 14.3 Å². The molecule has 7 unspecified atom stereocenters. The zero-order valence-corrected chi connectivity index (χ0v) is 25.9. The lowest BCUT2D eigenvalue weighted by molar-refractivity contribution is -0.197. The summed E-state index contributed by atoms with van der Waals surface area (Å²) in [5.74, 6) is 1.91. The van der Waals surface area contributed by atoms with Crippen LogP contribution in [0.15, 0.2) is 11.6 Å². The van der Waals surface area contributed by atoms with Gasteiger partial charge in [0.2, 0.25) is 0 Å². The molecule has 0 aromatic heterocycles. The number of carbonyl (C=O) groups excluding carboxylic acids is 1. The molecule has 0 amide bonds. The number of carboxylic acid groups (broad SMARTS) is 1. The summed E-state index contributed by atoms with van der Waals surface area (Å²) >= 11 is 0. The Morgan fingerprint density at radius 2 is 1.95 bits per heavy atom. The van der Waals surface area contributed by atoms with Gasteiger partial charge in [-0.2, -0.15) is 0 Å². The molecule has 40 heavy (non-hydrogen) atoms. The molecule has 6 aliphatic rings. The number of ether oxygens (including phenoxy) is 1. The number of rotatable bonds is 11. The summed E-state index contributed by atoms with van der Waals surface area (Å²) in [6.45, 7) is 10.9. The van der Waals surface area contributed by atoms with Gasteiger partial charge >= 0.3 is 5.97 Å². The van der Waals surface area contributed by atoms with Crippen LogP contribution in [0, 0.1) is 57.7 Å². The van der Waals surface area contributed by atoms with Crippen LogP contribution >= 0.6 is 0 Å². The maximum atomic E-state index is 14.0. The normalized spacial score (nSPS) is 46.0. The van der Waals surface area contributed by atoms with E-state index in [0.717, 1.165) is 50.3 Å². The van der Waals surface area contributed by atoms with E-state index >= 15 is 0 Å². The van der Waals surface area contributed by atoms with Gasteiger partial charge in [0.25, 0.3) is 0 Å². The summed E-state index contributed by atoms with van der Waals surface area (Å²) in [7, 11) is 2.23. The molecule has 0 aromatic carbocycles. The summed E-state index contributed by atoms with van der Waals surface area (Å²) in [6.07, 6.45) is 17.2. The number of unbranched alkanes of at least 4 members (excludes halogenated alkanes) is 1. The second-order valence-corrected chi connectivity index (χ2v) is 15.5. The van der Waals surface area contributed by atoms with Crippen LogP contribution in [0.1, 0.15) is 105 Å². The van der Waals surface area contributed by atoms with E-state index in [-0.39, 0.29) is 30.0 Å². The fraction of sp³-hybridized carbons (Fsp3) is 0.886. The molecule has 0 aromatic rings. The van der Waals surface area contributed by atoms with E-state index in [1.807, 2.05) is 0 Å². The van der Waals surface area contributed by atoms with Gasteiger partial charge in [0.1, 0.15) is 11.7 Å². The number of likely N-dealkylation sites (N-methyl/N-ethyl adjacent to an activating group) is 1. The highest BCUT2D eigenvalue weighted by molar-refractivity contribution is 5.90. The zero-order chi connectivity index (χ0) is 28.4. The summed E-state index contributed by atoms with van der Waals surface area (Å²) in [4.78, 5) is 29.9. The van der Waals surface area contributed by atoms with E-state index in [1.165, 1.54) is 51.2 Å². The number of aldehydes is 1. The van der Waals surface area contributed by atoms with Gasteiger partial charge in [-0.1, -0.05) is 77.9 Å². The molecule has 5 aliphatic carbocycles. The molecule has 5 heteroatoms. The van der Waals surface area contributed by atoms with Crippen LogP contribution in [0.5, 0.6) is 0 Å². The van der Waals surface area contributed by atoms with Crippen molar-refractivity contribution in [3.63, 3.8) is 0 Å². The number of hydrogen-bond acceptors (Lipinski definition) is 4. The van der Waals surface area contributed by atoms with Crippen molar-refractivity contribution in [1.29, 1.82) is 0 Å². The van der Waals surface area contributed by atoms with Crippen molar-refractivity contribution < 1.29 is 19.4 Å². The first kappa shape index (κ1) is 28.9. The first-order valence-corrected chi connectivity index (χ1v) is 16.9. The third-order valence-electron chi connectivity index (χ3n) is 13.5. The number of allylic oxidation sites excluding steroid dienone is 1. The van der Waals surface area contributed by atoms with E-state index in [1.54, 1.807) is 0 Å². The Balaban J connectivity index is 1.42. The topological polar surface area (TPSA) is 66.8 Å². The first-order valence-electron chi connectivity index (χ1n) is 16.9. The van der Waals surface area contributed by atoms with Gasteiger partial charge < -0.3 is 19.5 Å². The summed E-state index contributed by atoms with van der Waals surface area (Å²) < 4.78 is 7.30. The quantitative estimate of drug-likeness (QED) is 0.220. The largest absolute Gasteiger partial charge is 0.481 e.